The first kappa shape index (κ1) is 19.8. The van der Waals surface area contributed by atoms with Crippen LogP contribution in [0.25, 0.3) is 5.69 Å². The SMILES string of the molecule is CCNC(=O)CN1CCN([C@H](C)c2nnn(-c3cccc(Cl)c3)c2C)CC1. The van der Waals surface area contributed by atoms with Gasteiger partial charge in [-0.3, -0.25) is 14.6 Å². The number of aromatic nitrogens is 3. The lowest BCUT2D eigenvalue weighted by molar-refractivity contribution is -0.122. The second-order valence-electron chi connectivity index (χ2n) is 6.89. The number of hydrogen-bond acceptors (Lipinski definition) is 5. The smallest absolute Gasteiger partial charge is 0.234 e. The van der Waals surface area contributed by atoms with Crippen molar-refractivity contribution in [3.63, 3.8) is 0 Å². The molecule has 8 heteroatoms. The summed E-state index contributed by atoms with van der Waals surface area (Å²) in [5.41, 5.74) is 2.92. The monoisotopic (exact) mass is 390 g/mol. The quantitative estimate of drug-likeness (QED) is 0.817. The van der Waals surface area contributed by atoms with Gasteiger partial charge in [0.05, 0.1) is 24.0 Å². The van der Waals surface area contributed by atoms with Crippen molar-refractivity contribution < 1.29 is 4.79 Å². The molecule has 146 valence electrons. The zero-order valence-electron chi connectivity index (χ0n) is 16.2. The lowest BCUT2D eigenvalue weighted by Gasteiger charge is -2.37. The van der Waals surface area contributed by atoms with Crippen molar-refractivity contribution in [2.45, 2.75) is 26.8 Å². The fraction of sp³-hybridized carbons (Fsp3) is 0.526. The molecule has 1 atom stereocenters. The molecule has 0 spiro atoms. The number of piperazine rings is 1. The van der Waals surface area contributed by atoms with Gasteiger partial charge in [-0.1, -0.05) is 22.9 Å². The van der Waals surface area contributed by atoms with Crippen LogP contribution < -0.4 is 5.32 Å². The van der Waals surface area contributed by atoms with E-state index in [1.165, 1.54) is 0 Å². The Hall–Kier alpha value is -1.96. The second-order valence-corrected chi connectivity index (χ2v) is 7.33. The zero-order valence-corrected chi connectivity index (χ0v) is 16.9. The maximum absolute atomic E-state index is 11.8. The molecular weight excluding hydrogens is 364 g/mol. The molecule has 0 aliphatic carbocycles. The number of carbonyl (C=O) groups is 1. The third kappa shape index (κ3) is 4.66. The maximum Gasteiger partial charge on any atom is 0.234 e. The molecule has 0 radical (unpaired) electrons. The first-order valence-electron chi connectivity index (χ1n) is 9.40. The van der Waals surface area contributed by atoms with E-state index >= 15 is 0 Å². The molecule has 1 saturated heterocycles. The van der Waals surface area contributed by atoms with Gasteiger partial charge in [0.2, 0.25) is 5.91 Å². The van der Waals surface area contributed by atoms with Crippen molar-refractivity contribution in [3.05, 3.63) is 40.7 Å². The third-order valence-electron chi connectivity index (χ3n) is 5.07. The molecule has 0 bridgehead atoms. The molecule has 2 aromatic rings. The van der Waals surface area contributed by atoms with Crippen LogP contribution in [0.3, 0.4) is 0 Å². The van der Waals surface area contributed by atoms with Gasteiger partial charge in [-0.05, 0) is 39.0 Å². The highest BCUT2D eigenvalue weighted by atomic mass is 35.5. The molecule has 1 aliphatic rings. The van der Waals surface area contributed by atoms with E-state index in [4.69, 9.17) is 11.6 Å². The molecule has 0 saturated carbocycles. The van der Waals surface area contributed by atoms with Crippen LogP contribution >= 0.6 is 11.6 Å². The summed E-state index contributed by atoms with van der Waals surface area (Å²) >= 11 is 6.10. The third-order valence-corrected chi connectivity index (χ3v) is 5.31. The van der Waals surface area contributed by atoms with Crippen LogP contribution in [0.4, 0.5) is 0 Å². The number of amides is 1. The van der Waals surface area contributed by atoms with Crippen molar-refractivity contribution in [2.24, 2.45) is 0 Å². The molecule has 1 amide bonds. The second kappa shape index (κ2) is 8.82. The van der Waals surface area contributed by atoms with Crippen LogP contribution in [0, 0.1) is 6.92 Å². The number of hydrogen-bond donors (Lipinski definition) is 1. The van der Waals surface area contributed by atoms with Crippen LogP contribution in [-0.2, 0) is 4.79 Å². The number of rotatable bonds is 6. The van der Waals surface area contributed by atoms with Crippen LogP contribution in [0.15, 0.2) is 24.3 Å². The van der Waals surface area contributed by atoms with E-state index in [1.807, 2.05) is 42.8 Å². The van der Waals surface area contributed by atoms with Gasteiger partial charge in [-0.15, -0.1) is 5.10 Å². The Morgan fingerprint density at radius 1 is 1.30 bits per heavy atom. The average molecular weight is 391 g/mol. The minimum Gasteiger partial charge on any atom is -0.355 e. The van der Waals surface area contributed by atoms with E-state index in [-0.39, 0.29) is 11.9 Å². The van der Waals surface area contributed by atoms with Crippen molar-refractivity contribution in [1.82, 2.24) is 30.1 Å². The number of likely N-dealkylation sites (N-methyl/N-ethyl adjacent to an activating group) is 1. The summed E-state index contributed by atoms with van der Waals surface area (Å²) in [6, 6.07) is 7.79. The Balaban J connectivity index is 1.64. The normalized spacial score (nSPS) is 17.0. The van der Waals surface area contributed by atoms with Crippen molar-refractivity contribution in [2.75, 3.05) is 39.3 Å². The molecule has 3 rings (SSSR count). The van der Waals surface area contributed by atoms with E-state index in [0.717, 1.165) is 43.3 Å². The predicted octanol–water partition coefficient (Wildman–Crippen LogP) is 2.04. The van der Waals surface area contributed by atoms with E-state index in [9.17, 15) is 4.79 Å². The van der Waals surface area contributed by atoms with Crippen molar-refractivity contribution in [1.29, 1.82) is 0 Å². The van der Waals surface area contributed by atoms with Gasteiger partial charge in [0.25, 0.3) is 0 Å². The minimum atomic E-state index is 0.0966. The summed E-state index contributed by atoms with van der Waals surface area (Å²) in [4.78, 5) is 16.4. The Bertz CT molecular complexity index is 784. The van der Waals surface area contributed by atoms with E-state index in [2.05, 4.69) is 32.4 Å². The largest absolute Gasteiger partial charge is 0.355 e. The molecule has 2 heterocycles. The van der Waals surface area contributed by atoms with Crippen molar-refractivity contribution in [3.8, 4) is 5.69 Å². The summed E-state index contributed by atoms with van der Waals surface area (Å²) in [5, 5.41) is 12.3. The van der Waals surface area contributed by atoms with E-state index in [1.54, 1.807) is 0 Å². The highest BCUT2D eigenvalue weighted by molar-refractivity contribution is 6.30. The van der Waals surface area contributed by atoms with Gasteiger partial charge in [0.1, 0.15) is 5.69 Å². The van der Waals surface area contributed by atoms with Gasteiger partial charge in [0.15, 0.2) is 0 Å². The first-order chi connectivity index (χ1) is 13.0. The summed E-state index contributed by atoms with van der Waals surface area (Å²) < 4.78 is 1.84. The van der Waals surface area contributed by atoms with Crippen molar-refractivity contribution >= 4 is 17.5 Å². The summed E-state index contributed by atoms with van der Waals surface area (Å²) in [5.74, 6) is 0.0966. The highest BCUT2D eigenvalue weighted by Gasteiger charge is 2.26. The molecule has 1 aromatic carbocycles. The van der Waals surface area contributed by atoms with Crippen LogP contribution in [-0.4, -0.2) is 70.0 Å². The van der Waals surface area contributed by atoms with Crippen LogP contribution in [0.5, 0.6) is 0 Å². The van der Waals surface area contributed by atoms with Gasteiger partial charge >= 0.3 is 0 Å². The van der Waals surface area contributed by atoms with E-state index in [0.29, 0.717) is 18.1 Å². The van der Waals surface area contributed by atoms with Crippen LogP contribution in [0.1, 0.15) is 31.3 Å². The van der Waals surface area contributed by atoms with E-state index < -0.39 is 0 Å². The Kier molecular flexibility index (Phi) is 6.46. The maximum atomic E-state index is 11.8. The molecule has 1 N–H and O–H groups in total. The molecule has 0 unspecified atom stereocenters. The molecule has 7 nitrogen and oxygen atoms in total. The number of nitrogens with zero attached hydrogens (tertiary/aromatic N) is 5. The lowest BCUT2D eigenvalue weighted by atomic mass is 10.1. The Labute approximate surface area is 165 Å². The topological polar surface area (TPSA) is 66.3 Å². The number of carbonyl (C=O) groups excluding carboxylic acids is 1. The van der Waals surface area contributed by atoms with Gasteiger partial charge in [-0.25, -0.2) is 4.68 Å². The van der Waals surface area contributed by atoms with Gasteiger partial charge in [-0.2, -0.15) is 0 Å². The minimum absolute atomic E-state index is 0.0966. The summed E-state index contributed by atoms with van der Waals surface area (Å²) in [6.45, 7) is 10.9. The van der Waals surface area contributed by atoms with Gasteiger partial charge < -0.3 is 5.32 Å². The molecule has 1 aliphatic heterocycles. The number of nitrogens with one attached hydrogen (secondary N) is 1. The number of halogens is 1. The van der Waals surface area contributed by atoms with Crippen LogP contribution in [0.2, 0.25) is 5.02 Å². The first-order valence-corrected chi connectivity index (χ1v) is 9.78. The number of benzene rings is 1. The molecule has 27 heavy (non-hydrogen) atoms. The fourth-order valence-corrected chi connectivity index (χ4v) is 3.70. The summed E-state index contributed by atoms with van der Waals surface area (Å²) in [6.07, 6.45) is 0. The van der Waals surface area contributed by atoms with Gasteiger partial charge in [0, 0.05) is 37.7 Å². The summed E-state index contributed by atoms with van der Waals surface area (Å²) in [7, 11) is 0. The zero-order chi connectivity index (χ0) is 19.4. The molecule has 1 fully saturated rings. The molecule has 1 aromatic heterocycles. The Morgan fingerprint density at radius 3 is 2.70 bits per heavy atom. The predicted molar refractivity (Wildman–Crippen MR) is 106 cm³/mol. The standard InChI is InChI=1S/C19H27ClN6O/c1-4-21-18(27)13-24-8-10-25(11-9-24)14(2)19-15(3)26(23-22-19)17-7-5-6-16(20)12-17/h5-7,12,14H,4,8-11,13H2,1-3H3,(H,21,27)/t14-/m1/s1. The highest BCUT2D eigenvalue weighted by Crippen LogP contribution is 2.24. The molecular formula is C19H27ClN6O. The Morgan fingerprint density at radius 2 is 2.04 bits per heavy atom. The average Bonchev–Trinajstić information content (AvgIpc) is 3.03. The fourth-order valence-electron chi connectivity index (χ4n) is 3.52. The lowest BCUT2D eigenvalue weighted by Crippen LogP contribution is -2.50.